The summed E-state index contributed by atoms with van der Waals surface area (Å²) in [6, 6.07) is 16.8. The van der Waals surface area contributed by atoms with E-state index in [0.717, 1.165) is 11.0 Å². The van der Waals surface area contributed by atoms with Gasteiger partial charge in [-0.25, -0.2) is 4.98 Å². The van der Waals surface area contributed by atoms with E-state index in [1.807, 2.05) is 23.9 Å². The van der Waals surface area contributed by atoms with E-state index in [4.69, 9.17) is 4.98 Å². The van der Waals surface area contributed by atoms with E-state index in [9.17, 15) is 0 Å². The lowest BCUT2D eigenvalue weighted by Gasteiger charge is -2.12. The van der Waals surface area contributed by atoms with Crippen molar-refractivity contribution in [3.8, 4) is 0 Å². The molecule has 3 rings (SSSR count). The number of para-hydroxylation sites is 2. The van der Waals surface area contributed by atoms with Crippen molar-refractivity contribution in [1.29, 1.82) is 0 Å². The van der Waals surface area contributed by atoms with Crippen LogP contribution in [0.15, 0.2) is 53.4 Å². The molecule has 90 valence electrons. The van der Waals surface area contributed by atoms with Gasteiger partial charge < -0.3 is 0 Å². The zero-order valence-electron chi connectivity index (χ0n) is 10.6. The second kappa shape index (κ2) is 4.62. The molecule has 1 nitrogen and oxygen atoms in total. The molecule has 0 unspecified atom stereocenters. The number of thioether (sulfide) groups is 1. The van der Waals surface area contributed by atoms with Gasteiger partial charge in [0.1, 0.15) is 0 Å². The molecule has 0 atom stereocenters. The summed E-state index contributed by atoms with van der Waals surface area (Å²) in [6.45, 7) is 4.46. The molecule has 0 N–H and O–H groups in total. The average Bonchev–Trinajstić information content (AvgIpc) is 2.38. The molecular formula is C16H15NS. The Hall–Kier alpha value is -1.54. The standard InChI is InChI=1S/C16H15NS/c1-11(2)18-16-12-7-3-5-9-14(12)17-15-10-6-4-8-13(15)16/h3-11H,1-2H3. The van der Waals surface area contributed by atoms with Gasteiger partial charge in [0.2, 0.25) is 0 Å². The summed E-state index contributed by atoms with van der Waals surface area (Å²) >= 11 is 1.92. The molecule has 2 aromatic carbocycles. The first kappa shape index (κ1) is 11.5. The normalized spacial score (nSPS) is 11.5. The van der Waals surface area contributed by atoms with Gasteiger partial charge >= 0.3 is 0 Å². The number of fused-ring (bicyclic) bond motifs is 2. The molecule has 1 aromatic heterocycles. The van der Waals surface area contributed by atoms with Crippen molar-refractivity contribution in [2.45, 2.75) is 24.0 Å². The van der Waals surface area contributed by atoms with Gasteiger partial charge in [0.15, 0.2) is 0 Å². The molecule has 0 amide bonds. The van der Waals surface area contributed by atoms with Gasteiger partial charge in [-0.05, 0) is 12.1 Å². The summed E-state index contributed by atoms with van der Waals surface area (Å²) < 4.78 is 0. The summed E-state index contributed by atoms with van der Waals surface area (Å²) in [5.74, 6) is 0. The Morgan fingerprint density at radius 3 is 1.83 bits per heavy atom. The Labute approximate surface area is 111 Å². The van der Waals surface area contributed by atoms with Gasteiger partial charge in [-0.15, -0.1) is 11.8 Å². The van der Waals surface area contributed by atoms with Crippen LogP contribution < -0.4 is 0 Å². The van der Waals surface area contributed by atoms with Crippen LogP contribution in [0.3, 0.4) is 0 Å². The van der Waals surface area contributed by atoms with Crippen LogP contribution in [0, 0.1) is 0 Å². The van der Waals surface area contributed by atoms with Crippen LogP contribution in [-0.4, -0.2) is 10.2 Å². The highest BCUT2D eigenvalue weighted by Crippen LogP contribution is 2.35. The Kier molecular flexibility index (Phi) is 2.96. The molecule has 0 aliphatic carbocycles. The summed E-state index contributed by atoms with van der Waals surface area (Å²) in [5.41, 5.74) is 2.17. The quantitative estimate of drug-likeness (QED) is 0.476. The van der Waals surface area contributed by atoms with Gasteiger partial charge in [-0.1, -0.05) is 50.2 Å². The number of pyridine rings is 1. The molecule has 0 saturated heterocycles. The number of aromatic nitrogens is 1. The largest absolute Gasteiger partial charge is 0.248 e. The lowest BCUT2D eigenvalue weighted by atomic mass is 10.1. The van der Waals surface area contributed by atoms with Gasteiger partial charge in [-0.3, -0.25) is 0 Å². The zero-order valence-corrected chi connectivity index (χ0v) is 11.4. The third kappa shape index (κ3) is 1.97. The van der Waals surface area contributed by atoms with Gasteiger partial charge in [-0.2, -0.15) is 0 Å². The molecule has 0 bridgehead atoms. The number of benzene rings is 2. The Morgan fingerprint density at radius 1 is 0.833 bits per heavy atom. The fourth-order valence-electron chi connectivity index (χ4n) is 2.16. The minimum Gasteiger partial charge on any atom is -0.248 e. The number of rotatable bonds is 2. The van der Waals surface area contributed by atoms with E-state index in [2.05, 4.69) is 50.2 Å². The number of hydrogen-bond donors (Lipinski definition) is 0. The highest BCUT2D eigenvalue weighted by atomic mass is 32.2. The fraction of sp³-hybridized carbons (Fsp3) is 0.188. The predicted octanol–water partition coefficient (Wildman–Crippen LogP) is 4.89. The van der Waals surface area contributed by atoms with Crippen molar-refractivity contribution >= 4 is 33.6 Å². The SMILES string of the molecule is CC(C)Sc1c2ccccc2nc2ccccc12. The predicted molar refractivity (Wildman–Crippen MR) is 80.2 cm³/mol. The molecule has 0 fully saturated rings. The Balaban J connectivity index is 2.41. The van der Waals surface area contributed by atoms with E-state index in [1.54, 1.807) is 0 Å². The third-order valence-corrected chi connectivity index (χ3v) is 4.04. The molecule has 2 heteroatoms. The minimum absolute atomic E-state index is 0.569. The molecule has 18 heavy (non-hydrogen) atoms. The number of hydrogen-bond acceptors (Lipinski definition) is 2. The minimum atomic E-state index is 0.569. The van der Waals surface area contributed by atoms with Crippen LogP contribution in [0.1, 0.15) is 13.8 Å². The summed E-state index contributed by atoms with van der Waals surface area (Å²) in [4.78, 5) is 6.09. The maximum Gasteiger partial charge on any atom is 0.0721 e. The zero-order chi connectivity index (χ0) is 12.5. The highest BCUT2D eigenvalue weighted by Gasteiger charge is 2.10. The number of nitrogens with zero attached hydrogens (tertiary/aromatic N) is 1. The molecule has 0 saturated carbocycles. The highest BCUT2D eigenvalue weighted by molar-refractivity contribution is 8.00. The molecule has 0 aliphatic heterocycles. The van der Waals surface area contributed by atoms with Crippen molar-refractivity contribution in [3.63, 3.8) is 0 Å². The molecule has 0 radical (unpaired) electrons. The molecular weight excluding hydrogens is 238 g/mol. The summed E-state index contributed by atoms with van der Waals surface area (Å²) in [5, 5.41) is 3.09. The van der Waals surface area contributed by atoms with Crippen LogP contribution in [0.5, 0.6) is 0 Å². The third-order valence-electron chi connectivity index (χ3n) is 2.89. The monoisotopic (exact) mass is 253 g/mol. The first-order valence-electron chi connectivity index (χ1n) is 6.20. The van der Waals surface area contributed by atoms with E-state index < -0.39 is 0 Å². The molecule has 0 aliphatic rings. The fourth-order valence-corrected chi connectivity index (χ4v) is 3.23. The summed E-state index contributed by atoms with van der Waals surface area (Å²) in [7, 11) is 0. The smallest absolute Gasteiger partial charge is 0.0721 e. The lowest BCUT2D eigenvalue weighted by Crippen LogP contribution is -1.91. The summed E-state index contributed by atoms with van der Waals surface area (Å²) in [6.07, 6.45) is 0. The molecule has 3 aromatic rings. The molecule has 1 heterocycles. The van der Waals surface area contributed by atoms with E-state index in [1.165, 1.54) is 15.7 Å². The van der Waals surface area contributed by atoms with E-state index >= 15 is 0 Å². The van der Waals surface area contributed by atoms with Crippen molar-refractivity contribution in [2.24, 2.45) is 0 Å². The van der Waals surface area contributed by atoms with Gasteiger partial charge in [0.05, 0.1) is 11.0 Å². The Bertz CT molecular complexity index is 650. The second-order valence-electron chi connectivity index (χ2n) is 4.64. The van der Waals surface area contributed by atoms with Crippen LogP contribution in [0.25, 0.3) is 21.8 Å². The van der Waals surface area contributed by atoms with Gasteiger partial charge in [0.25, 0.3) is 0 Å². The first-order valence-corrected chi connectivity index (χ1v) is 7.08. The Morgan fingerprint density at radius 2 is 1.33 bits per heavy atom. The van der Waals surface area contributed by atoms with Crippen LogP contribution in [-0.2, 0) is 0 Å². The van der Waals surface area contributed by atoms with Crippen LogP contribution >= 0.6 is 11.8 Å². The van der Waals surface area contributed by atoms with Crippen molar-refractivity contribution < 1.29 is 0 Å². The van der Waals surface area contributed by atoms with Gasteiger partial charge in [0, 0.05) is 20.9 Å². The topological polar surface area (TPSA) is 12.9 Å². The lowest BCUT2D eigenvalue weighted by molar-refractivity contribution is 1.11. The van der Waals surface area contributed by atoms with E-state index in [0.29, 0.717) is 5.25 Å². The maximum atomic E-state index is 4.73. The first-order chi connectivity index (χ1) is 8.75. The van der Waals surface area contributed by atoms with Crippen LogP contribution in [0.2, 0.25) is 0 Å². The average molecular weight is 253 g/mol. The maximum absolute atomic E-state index is 4.73. The van der Waals surface area contributed by atoms with E-state index in [-0.39, 0.29) is 0 Å². The van der Waals surface area contributed by atoms with Crippen LogP contribution in [0.4, 0.5) is 0 Å². The second-order valence-corrected chi connectivity index (χ2v) is 6.23. The van der Waals surface area contributed by atoms with Crippen molar-refractivity contribution in [1.82, 2.24) is 4.98 Å². The molecule has 0 spiro atoms. The van der Waals surface area contributed by atoms with Crippen molar-refractivity contribution in [2.75, 3.05) is 0 Å². The van der Waals surface area contributed by atoms with Crippen molar-refractivity contribution in [3.05, 3.63) is 48.5 Å².